The van der Waals surface area contributed by atoms with Crippen LogP contribution in [0.1, 0.15) is 43.7 Å². The highest BCUT2D eigenvalue weighted by atomic mass is 16.1. The fourth-order valence-electron chi connectivity index (χ4n) is 3.43. The highest BCUT2D eigenvalue weighted by Gasteiger charge is 2.17. The van der Waals surface area contributed by atoms with Gasteiger partial charge in [0.05, 0.1) is 6.54 Å². The van der Waals surface area contributed by atoms with Crippen LogP contribution in [-0.2, 0) is 13.1 Å². The van der Waals surface area contributed by atoms with Gasteiger partial charge in [0.15, 0.2) is 0 Å². The Morgan fingerprint density at radius 2 is 1.87 bits per heavy atom. The lowest BCUT2D eigenvalue weighted by molar-refractivity contribution is 0.300. The zero-order chi connectivity index (χ0) is 16.1. The van der Waals surface area contributed by atoms with Crippen LogP contribution < -0.4 is 10.9 Å². The summed E-state index contributed by atoms with van der Waals surface area (Å²) in [7, 11) is 0. The molecule has 0 bridgehead atoms. The first-order valence-electron chi connectivity index (χ1n) is 8.67. The molecular weight excluding hydrogens is 284 g/mol. The second-order valence-corrected chi connectivity index (χ2v) is 6.83. The van der Waals surface area contributed by atoms with E-state index < -0.39 is 0 Å². The quantitative estimate of drug-likeness (QED) is 0.916. The van der Waals surface area contributed by atoms with Crippen LogP contribution in [0.2, 0.25) is 0 Å². The maximum Gasteiger partial charge on any atom is 0.250 e. The smallest absolute Gasteiger partial charge is 0.250 e. The number of hydrogen-bond donors (Lipinski definition) is 1. The molecular formula is C20H26N2O. The van der Waals surface area contributed by atoms with Crippen LogP contribution in [0.3, 0.4) is 0 Å². The predicted octanol–water partition coefficient (Wildman–Crippen LogP) is 3.56. The van der Waals surface area contributed by atoms with Crippen molar-refractivity contribution < 1.29 is 0 Å². The van der Waals surface area contributed by atoms with E-state index in [9.17, 15) is 4.79 Å². The van der Waals surface area contributed by atoms with Gasteiger partial charge in [-0.15, -0.1) is 0 Å². The molecule has 0 radical (unpaired) electrons. The molecule has 1 saturated carbocycles. The normalized spacial score (nSPS) is 21.3. The van der Waals surface area contributed by atoms with Crippen LogP contribution in [0.25, 0.3) is 0 Å². The summed E-state index contributed by atoms with van der Waals surface area (Å²) >= 11 is 0. The van der Waals surface area contributed by atoms with Crippen molar-refractivity contribution in [2.75, 3.05) is 0 Å². The zero-order valence-corrected chi connectivity index (χ0v) is 13.9. The van der Waals surface area contributed by atoms with Crippen LogP contribution in [-0.4, -0.2) is 10.6 Å². The van der Waals surface area contributed by atoms with E-state index in [-0.39, 0.29) is 5.56 Å². The first-order chi connectivity index (χ1) is 11.2. The van der Waals surface area contributed by atoms with Crippen molar-refractivity contribution in [3.63, 3.8) is 0 Å². The van der Waals surface area contributed by atoms with E-state index in [1.165, 1.54) is 31.2 Å². The average Bonchev–Trinajstić information content (AvgIpc) is 2.56. The second kappa shape index (κ2) is 7.60. The van der Waals surface area contributed by atoms with Crippen LogP contribution >= 0.6 is 0 Å². The summed E-state index contributed by atoms with van der Waals surface area (Å²) in [5, 5.41) is 3.69. The molecule has 2 aromatic rings. The Morgan fingerprint density at radius 3 is 2.61 bits per heavy atom. The summed E-state index contributed by atoms with van der Waals surface area (Å²) in [6, 6.07) is 14.5. The number of hydrogen-bond acceptors (Lipinski definition) is 2. The minimum Gasteiger partial charge on any atom is -0.311 e. The predicted molar refractivity (Wildman–Crippen MR) is 94.5 cm³/mol. The third kappa shape index (κ3) is 4.55. The van der Waals surface area contributed by atoms with Crippen molar-refractivity contribution in [2.45, 2.75) is 51.7 Å². The topological polar surface area (TPSA) is 34.0 Å². The molecule has 0 spiro atoms. The van der Waals surface area contributed by atoms with Gasteiger partial charge < -0.3 is 9.88 Å². The summed E-state index contributed by atoms with van der Waals surface area (Å²) in [6.45, 7) is 3.92. The fourth-order valence-corrected chi connectivity index (χ4v) is 3.43. The van der Waals surface area contributed by atoms with Crippen LogP contribution in [0.15, 0.2) is 53.5 Å². The third-order valence-electron chi connectivity index (χ3n) is 4.81. The second-order valence-electron chi connectivity index (χ2n) is 6.83. The van der Waals surface area contributed by atoms with Gasteiger partial charge in [0.1, 0.15) is 0 Å². The molecule has 1 aromatic heterocycles. The molecule has 0 saturated heterocycles. The molecule has 122 valence electrons. The van der Waals surface area contributed by atoms with Gasteiger partial charge in [-0.3, -0.25) is 4.79 Å². The molecule has 3 rings (SSSR count). The SMILES string of the molecule is CC1CCCC(NCc2ccc(Cn3ccccc3=O)cc2)C1. The van der Waals surface area contributed by atoms with Gasteiger partial charge in [-0.05, 0) is 36.0 Å². The van der Waals surface area contributed by atoms with Gasteiger partial charge in [0, 0.05) is 24.8 Å². The molecule has 1 aliphatic carbocycles. The lowest BCUT2D eigenvalue weighted by Gasteiger charge is -2.27. The van der Waals surface area contributed by atoms with Gasteiger partial charge in [-0.2, -0.15) is 0 Å². The lowest BCUT2D eigenvalue weighted by Crippen LogP contribution is -2.33. The first kappa shape index (κ1) is 16.0. The number of nitrogens with one attached hydrogen (secondary N) is 1. The molecule has 1 N–H and O–H groups in total. The molecule has 2 atom stereocenters. The Bertz CT molecular complexity index is 675. The highest BCUT2D eigenvalue weighted by molar-refractivity contribution is 5.23. The molecule has 23 heavy (non-hydrogen) atoms. The van der Waals surface area contributed by atoms with E-state index >= 15 is 0 Å². The Labute approximate surface area is 138 Å². The van der Waals surface area contributed by atoms with Crippen molar-refractivity contribution in [3.05, 3.63) is 70.1 Å². The minimum absolute atomic E-state index is 0.0460. The van der Waals surface area contributed by atoms with Gasteiger partial charge in [0.2, 0.25) is 0 Å². The van der Waals surface area contributed by atoms with Crippen LogP contribution in [0, 0.1) is 5.92 Å². The molecule has 1 fully saturated rings. The van der Waals surface area contributed by atoms with E-state index in [4.69, 9.17) is 0 Å². The van der Waals surface area contributed by atoms with Crippen molar-refractivity contribution in [2.24, 2.45) is 5.92 Å². The van der Waals surface area contributed by atoms with Crippen molar-refractivity contribution in [1.29, 1.82) is 0 Å². The Kier molecular flexibility index (Phi) is 5.29. The van der Waals surface area contributed by atoms with Crippen molar-refractivity contribution in [3.8, 4) is 0 Å². The largest absolute Gasteiger partial charge is 0.311 e. The van der Waals surface area contributed by atoms with Gasteiger partial charge in [-0.25, -0.2) is 0 Å². The van der Waals surface area contributed by atoms with Crippen LogP contribution in [0.5, 0.6) is 0 Å². The summed E-state index contributed by atoms with van der Waals surface area (Å²) in [6.07, 6.45) is 7.17. The number of rotatable bonds is 5. The Balaban J connectivity index is 1.55. The van der Waals surface area contributed by atoms with E-state index in [1.807, 2.05) is 12.3 Å². The minimum atomic E-state index is 0.0460. The van der Waals surface area contributed by atoms with Gasteiger partial charge in [0.25, 0.3) is 5.56 Å². The summed E-state index contributed by atoms with van der Waals surface area (Å²) in [5.41, 5.74) is 2.52. The average molecular weight is 310 g/mol. The first-order valence-corrected chi connectivity index (χ1v) is 8.67. The van der Waals surface area contributed by atoms with E-state index in [1.54, 1.807) is 16.7 Å². The molecule has 1 aliphatic rings. The fraction of sp³-hybridized carbons (Fsp3) is 0.450. The molecule has 0 amide bonds. The molecule has 0 aliphatic heterocycles. The number of aromatic nitrogens is 1. The van der Waals surface area contributed by atoms with Crippen LogP contribution in [0.4, 0.5) is 0 Å². The van der Waals surface area contributed by atoms with Crippen molar-refractivity contribution in [1.82, 2.24) is 9.88 Å². The molecule has 2 unspecified atom stereocenters. The van der Waals surface area contributed by atoms with E-state index in [0.717, 1.165) is 18.0 Å². The summed E-state index contributed by atoms with van der Waals surface area (Å²) in [5.74, 6) is 0.854. The van der Waals surface area contributed by atoms with E-state index in [2.05, 4.69) is 36.5 Å². The number of nitrogens with zero attached hydrogens (tertiary/aromatic N) is 1. The molecule has 3 heteroatoms. The monoisotopic (exact) mass is 310 g/mol. The Hall–Kier alpha value is -1.87. The standard InChI is InChI=1S/C20H26N2O/c1-16-5-4-6-19(13-16)21-14-17-8-10-18(11-9-17)15-22-12-3-2-7-20(22)23/h2-3,7-12,16,19,21H,4-6,13-15H2,1H3. The van der Waals surface area contributed by atoms with Gasteiger partial charge in [-0.1, -0.05) is 50.1 Å². The van der Waals surface area contributed by atoms with Crippen molar-refractivity contribution >= 4 is 0 Å². The van der Waals surface area contributed by atoms with Gasteiger partial charge >= 0.3 is 0 Å². The lowest BCUT2D eigenvalue weighted by atomic mass is 9.87. The number of pyridine rings is 1. The zero-order valence-electron chi connectivity index (χ0n) is 13.9. The van der Waals surface area contributed by atoms with E-state index in [0.29, 0.717) is 12.6 Å². The highest BCUT2D eigenvalue weighted by Crippen LogP contribution is 2.23. The number of benzene rings is 1. The molecule has 3 nitrogen and oxygen atoms in total. The third-order valence-corrected chi connectivity index (χ3v) is 4.81. The maximum atomic E-state index is 11.7. The molecule has 1 heterocycles. The summed E-state index contributed by atoms with van der Waals surface area (Å²) in [4.78, 5) is 11.7. The Morgan fingerprint density at radius 1 is 1.09 bits per heavy atom. The molecule has 1 aromatic carbocycles. The summed E-state index contributed by atoms with van der Waals surface area (Å²) < 4.78 is 1.73. The maximum absolute atomic E-state index is 11.7.